The first kappa shape index (κ1) is 10.7. The quantitative estimate of drug-likeness (QED) is 0.832. The fourth-order valence-electron chi connectivity index (χ4n) is 1.38. The summed E-state index contributed by atoms with van der Waals surface area (Å²) >= 11 is 1.41. The number of hydrogen-bond acceptors (Lipinski definition) is 4. The molecule has 0 saturated carbocycles. The van der Waals surface area contributed by atoms with Gasteiger partial charge in [0.1, 0.15) is 0 Å². The number of aromatic nitrogens is 2. The number of carbonyl (C=O) groups excluding carboxylic acids is 1. The predicted octanol–water partition coefficient (Wildman–Crippen LogP) is 1.62. The number of nitrogens with one attached hydrogen (secondary N) is 1. The number of aryl methyl sites for hydroxylation is 2. The molecule has 0 atom stereocenters. The first-order chi connectivity index (χ1) is 7.59. The van der Waals surface area contributed by atoms with Crippen molar-refractivity contribution in [1.82, 2.24) is 9.78 Å². The monoisotopic (exact) mass is 236 g/mol. The Morgan fingerprint density at radius 2 is 2.38 bits per heavy atom. The van der Waals surface area contributed by atoms with Crippen LogP contribution in [0.15, 0.2) is 17.6 Å². The minimum Gasteiger partial charge on any atom is -0.394 e. The Morgan fingerprint density at radius 3 is 2.88 bits per heavy atom. The van der Waals surface area contributed by atoms with Gasteiger partial charge in [0.25, 0.3) is 5.91 Å². The first-order valence-electron chi connectivity index (χ1n) is 4.72. The molecule has 0 aliphatic rings. The number of hydrogen-bond donors (Lipinski definition) is 2. The van der Waals surface area contributed by atoms with Crippen LogP contribution in [0.2, 0.25) is 0 Å². The van der Waals surface area contributed by atoms with Gasteiger partial charge in [-0.05, 0) is 23.9 Å². The number of anilines is 2. The summed E-state index contributed by atoms with van der Waals surface area (Å²) in [6, 6.07) is 1.91. The van der Waals surface area contributed by atoms with Gasteiger partial charge in [0.2, 0.25) is 0 Å². The van der Waals surface area contributed by atoms with Crippen molar-refractivity contribution in [3.05, 3.63) is 28.1 Å². The highest BCUT2D eigenvalue weighted by Gasteiger charge is 2.14. The molecular weight excluding hydrogens is 224 g/mol. The Kier molecular flexibility index (Phi) is 2.66. The number of carbonyl (C=O) groups is 1. The van der Waals surface area contributed by atoms with E-state index in [9.17, 15) is 4.79 Å². The number of nitrogen functional groups attached to an aromatic ring is 1. The van der Waals surface area contributed by atoms with Crippen LogP contribution in [0.3, 0.4) is 0 Å². The van der Waals surface area contributed by atoms with Gasteiger partial charge in [0, 0.05) is 7.05 Å². The fourth-order valence-corrected chi connectivity index (χ4v) is 2.20. The average Bonchev–Trinajstić information content (AvgIpc) is 2.79. The summed E-state index contributed by atoms with van der Waals surface area (Å²) in [5.41, 5.74) is 7.11. The van der Waals surface area contributed by atoms with Crippen molar-refractivity contribution in [3.63, 3.8) is 0 Å². The van der Waals surface area contributed by atoms with Crippen molar-refractivity contribution in [1.29, 1.82) is 0 Å². The standard InChI is InChI=1S/C10H12N4OS/c1-6-3-4-16-8(6)10(15)13-9-7(11)5-12-14(9)2/h3-5H,11H2,1-2H3,(H,13,15). The zero-order chi connectivity index (χ0) is 11.7. The number of thiophene rings is 1. The van der Waals surface area contributed by atoms with Crippen LogP contribution >= 0.6 is 11.3 Å². The van der Waals surface area contributed by atoms with E-state index in [-0.39, 0.29) is 5.91 Å². The van der Waals surface area contributed by atoms with Crippen molar-refractivity contribution >= 4 is 28.7 Å². The number of nitrogens with two attached hydrogens (primary N) is 1. The lowest BCUT2D eigenvalue weighted by atomic mass is 10.3. The molecule has 16 heavy (non-hydrogen) atoms. The SMILES string of the molecule is Cc1ccsc1C(=O)Nc1c(N)cnn1C. The molecule has 0 aromatic carbocycles. The molecule has 6 heteroatoms. The van der Waals surface area contributed by atoms with Gasteiger partial charge < -0.3 is 11.1 Å². The lowest BCUT2D eigenvalue weighted by Crippen LogP contribution is -2.15. The van der Waals surface area contributed by atoms with Crippen LogP contribution in [0.1, 0.15) is 15.2 Å². The summed E-state index contributed by atoms with van der Waals surface area (Å²) in [6.07, 6.45) is 1.51. The van der Waals surface area contributed by atoms with Crippen molar-refractivity contribution in [3.8, 4) is 0 Å². The third kappa shape index (κ3) is 1.79. The maximum atomic E-state index is 11.9. The van der Waals surface area contributed by atoms with Gasteiger partial charge in [-0.15, -0.1) is 11.3 Å². The van der Waals surface area contributed by atoms with Crippen LogP contribution in [-0.2, 0) is 7.05 Å². The highest BCUT2D eigenvalue weighted by atomic mass is 32.1. The molecule has 2 aromatic rings. The molecular formula is C10H12N4OS. The summed E-state index contributed by atoms with van der Waals surface area (Å²) in [5.74, 6) is 0.376. The average molecular weight is 236 g/mol. The molecule has 0 saturated heterocycles. The van der Waals surface area contributed by atoms with Crippen LogP contribution in [0, 0.1) is 6.92 Å². The molecule has 84 valence electrons. The maximum absolute atomic E-state index is 11.9. The molecule has 0 fully saturated rings. The topological polar surface area (TPSA) is 72.9 Å². The second-order valence-corrected chi connectivity index (χ2v) is 4.38. The predicted molar refractivity (Wildman–Crippen MR) is 64.6 cm³/mol. The van der Waals surface area contributed by atoms with E-state index in [1.54, 1.807) is 7.05 Å². The van der Waals surface area contributed by atoms with E-state index in [2.05, 4.69) is 10.4 Å². The third-order valence-corrected chi connectivity index (χ3v) is 3.28. The van der Waals surface area contributed by atoms with E-state index >= 15 is 0 Å². The Hall–Kier alpha value is -1.82. The Bertz CT molecular complexity index is 509. The highest BCUT2D eigenvalue weighted by molar-refractivity contribution is 7.12. The molecule has 0 bridgehead atoms. The van der Waals surface area contributed by atoms with Gasteiger partial charge in [-0.25, -0.2) is 0 Å². The minimum atomic E-state index is -0.150. The van der Waals surface area contributed by atoms with E-state index < -0.39 is 0 Å². The molecule has 0 spiro atoms. The Morgan fingerprint density at radius 1 is 1.62 bits per heavy atom. The molecule has 2 aromatic heterocycles. The van der Waals surface area contributed by atoms with Gasteiger partial charge >= 0.3 is 0 Å². The molecule has 5 nitrogen and oxygen atoms in total. The van der Waals surface area contributed by atoms with E-state index in [0.29, 0.717) is 16.4 Å². The molecule has 0 aliphatic heterocycles. The lowest BCUT2D eigenvalue weighted by Gasteiger charge is -2.05. The lowest BCUT2D eigenvalue weighted by molar-refractivity contribution is 0.102. The summed E-state index contributed by atoms with van der Waals surface area (Å²) in [6.45, 7) is 1.90. The van der Waals surface area contributed by atoms with Crippen LogP contribution in [-0.4, -0.2) is 15.7 Å². The molecule has 0 radical (unpaired) electrons. The van der Waals surface area contributed by atoms with Gasteiger partial charge in [0.15, 0.2) is 5.82 Å². The first-order valence-corrected chi connectivity index (χ1v) is 5.60. The normalized spacial score (nSPS) is 10.4. The molecule has 0 aliphatic carbocycles. The smallest absolute Gasteiger partial charge is 0.267 e. The van der Waals surface area contributed by atoms with Crippen LogP contribution in [0.25, 0.3) is 0 Å². The summed E-state index contributed by atoms with van der Waals surface area (Å²) in [7, 11) is 1.73. The minimum absolute atomic E-state index is 0.150. The number of rotatable bonds is 2. The Labute approximate surface area is 96.9 Å². The van der Waals surface area contributed by atoms with E-state index in [0.717, 1.165) is 5.56 Å². The van der Waals surface area contributed by atoms with Gasteiger partial charge in [-0.3, -0.25) is 9.48 Å². The van der Waals surface area contributed by atoms with Gasteiger partial charge in [-0.1, -0.05) is 0 Å². The molecule has 2 heterocycles. The molecule has 2 rings (SSSR count). The zero-order valence-electron chi connectivity index (χ0n) is 9.02. The molecule has 0 unspecified atom stereocenters. The largest absolute Gasteiger partial charge is 0.394 e. The third-order valence-electron chi connectivity index (χ3n) is 2.27. The second-order valence-electron chi connectivity index (χ2n) is 3.46. The summed E-state index contributed by atoms with van der Waals surface area (Å²) in [4.78, 5) is 12.6. The summed E-state index contributed by atoms with van der Waals surface area (Å²) < 4.78 is 1.54. The zero-order valence-corrected chi connectivity index (χ0v) is 9.84. The van der Waals surface area contributed by atoms with Crippen LogP contribution < -0.4 is 11.1 Å². The van der Waals surface area contributed by atoms with Crippen LogP contribution in [0.5, 0.6) is 0 Å². The van der Waals surface area contributed by atoms with Crippen molar-refractivity contribution in [2.45, 2.75) is 6.92 Å². The van der Waals surface area contributed by atoms with E-state index in [1.165, 1.54) is 22.2 Å². The Balaban J connectivity index is 2.24. The highest BCUT2D eigenvalue weighted by Crippen LogP contribution is 2.20. The maximum Gasteiger partial charge on any atom is 0.267 e. The fraction of sp³-hybridized carbons (Fsp3) is 0.200. The van der Waals surface area contributed by atoms with Crippen LogP contribution in [0.4, 0.5) is 11.5 Å². The van der Waals surface area contributed by atoms with E-state index in [1.807, 2.05) is 18.4 Å². The van der Waals surface area contributed by atoms with Crippen molar-refractivity contribution in [2.75, 3.05) is 11.1 Å². The molecule has 3 N–H and O–H groups in total. The van der Waals surface area contributed by atoms with Crippen molar-refractivity contribution in [2.24, 2.45) is 7.05 Å². The van der Waals surface area contributed by atoms with Gasteiger partial charge in [-0.2, -0.15) is 5.10 Å². The van der Waals surface area contributed by atoms with E-state index in [4.69, 9.17) is 5.73 Å². The summed E-state index contributed by atoms with van der Waals surface area (Å²) in [5, 5.41) is 8.59. The van der Waals surface area contributed by atoms with Crippen molar-refractivity contribution < 1.29 is 4.79 Å². The van der Waals surface area contributed by atoms with Gasteiger partial charge in [0.05, 0.1) is 16.8 Å². The number of amides is 1. The number of nitrogens with zero attached hydrogens (tertiary/aromatic N) is 2. The second kappa shape index (κ2) is 3.97. The molecule has 1 amide bonds.